The quantitative estimate of drug-likeness (QED) is 0.849. The van der Waals surface area contributed by atoms with Gasteiger partial charge in [0.2, 0.25) is 11.8 Å². The minimum absolute atomic E-state index is 0.0801. The number of rotatable bonds is 6. The summed E-state index contributed by atoms with van der Waals surface area (Å²) in [6.07, 6.45) is 0.578. The van der Waals surface area contributed by atoms with Gasteiger partial charge in [0.1, 0.15) is 5.82 Å². The Balaban J connectivity index is 1.42. The first kappa shape index (κ1) is 17.1. The molecule has 0 radical (unpaired) electrons. The van der Waals surface area contributed by atoms with Crippen LogP contribution in [-0.4, -0.2) is 11.8 Å². The van der Waals surface area contributed by atoms with E-state index in [1.165, 1.54) is 12.1 Å². The number of carbonyl (C=O) groups excluding carboxylic acids is 2. The van der Waals surface area contributed by atoms with Crippen molar-refractivity contribution < 1.29 is 14.0 Å². The van der Waals surface area contributed by atoms with Gasteiger partial charge in [-0.15, -0.1) is 0 Å². The third-order valence-corrected chi connectivity index (χ3v) is 4.39. The molecule has 2 aromatic rings. The molecule has 0 aliphatic heterocycles. The topological polar surface area (TPSA) is 58.2 Å². The van der Waals surface area contributed by atoms with E-state index in [0.29, 0.717) is 19.5 Å². The first-order chi connectivity index (χ1) is 12.0. The molecule has 5 heteroatoms. The van der Waals surface area contributed by atoms with E-state index in [9.17, 15) is 14.0 Å². The van der Waals surface area contributed by atoms with Crippen LogP contribution in [0.15, 0.2) is 48.5 Å². The highest BCUT2D eigenvalue weighted by molar-refractivity contribution is 5.92. The smallest absolute Gasteiger partial charge is 0.224 e. The van der Waals surface area contributed by atoms with Crippen LogP contribution in [0.25, 0.3) is 0 Å². The number of amides is 2. The number of nitrogens with one attached hydrogen (secondary N) is 2. The lowest BCUT2D eigenvalue weighted by atomic mass is 10.1. The molecule has 1 aliphatic rings. The first-order valence-electron chi connectivity index (χ1n) is 8.38. The summed E-state index contributed by atoms with van der Waals surface area (Å²) in [6.45, 7) is 2.82. The highest BCUT2D eigenvalue weighted by Crippen LogP contribution is 2.38. The second-order valence-corrected chi connectivity index (χ2v) is 6.50. The third kappa shape index (κ3) is 4.66. The molecule has 2 aromatic carbocycles. The van der Waals surface area contributed by atoms with Gasteiger partial charge in [0.05, 0.1) is 11.8 Å². The minimum Gasteiger partial charge on any atom is -0.352 e. The number of halogens is 1. The van der Waals surface area contributed by atoms with Crippen molar-refractivity contribution in [3.8, 4) is 0 Å². The minimum atomic E-state index is -0.303. The van der Waals surface area contributed by atoms with E-state index in [1.807, 2.05) is 31.2 Å². The molecule has 0 saturated heterocycles. The monoisotopic (exact) mass is 340 g/mol. The van der Waals surface area contributed by atoms with Crippen LogP contribution >= 0.6 is 0 Å². The molecule has 130 valence electrons. The Morgan fingerprint density at radius 1 is 0.960 bits per heavy atom. The van der Waals surface area contributed by atoms with Crippen molar-refractivity contribution in [3.05, 3.63) is 71.0 Å². The lowest BCUT2D eigenvalue weighted by Gasteiger charge is -2.07. The summed E-state index contributed by atoms with van der Waals surface area (Å²) < 4.78 is 12.8. The fraction of sp³-hybridized carbons (Fsp3) is 0.300. The molecule has 25 heavy (non-hydrogen) atoms. The van der Waals surface area contributed by atoms with Crippen molar-refractivity contribution in [1.29, 1.82) is 0 Å². The number of carbonyl (C=O) groups is 2. The Bertz CT molecular complexity index is 774. The molecule has 0 bridgehead atoms. The molecule has 3 rings (SSSR count). The molecule has 2 amide bonds. The number of benzene rings is 2. The van der Waals surface area contributed by atoms with Crippen molar-refractivity contribution >= 4 is 11.8 Å². The molecule has 0 spiro atoms. The van der Waals surface area contributed by atoms with E-state index in [4.69, 9.17) is 0 Å². The van der Waals surface area contributed by atoms with Crippen molar-refractivity contribution in [2.75, 3.05) is 0 Å². The third-order valence-electron chi connectivity index (χ3n) is 4.39. The molecule has 4 nitrogen and oxygen atoms in total. The largest absolute Gasteiger partial charge is 0.352 e. The fourth-order valence-corrected chi connectivity index (χ4v) is 2.84. The van der Waals surface area contributed by atoms with Crippen LogP contribution in [0.3, 0.4) is 0 Å². The summed E-state index contributed by atoms with van der Waals surface area (Å²) in [5.41, 5.74) is 3.03. The Labute approximate surface area is 146 Å². The lowest BCUT2D eigenvalue weighted by Crippen LogP contribution is -2.29. The maximum Gasteiger partial charge on any atom is 0.224 e. The Kier molecular flexibility index (Phi) is 5.12. The maximum atomic E-state index is 12.8. The van der Waals surface area contributed by atoms with Crippen LogP contribution < -0.4 is 10.6 Å². The molecule has 0 aromatic heterocycles. The van der Waals surface area contributed by atoms with Crippen molar-refractivity contribution in [1.82, 2.24) is 10.6 Å². The average molecular weight is 340 g/mol. The van der Waals surface area contributed by atoms with Crippen LogP contribution in [0.4, 0.5) is 4.39 Å². The Morgan fingerprint density at radius 3 is 2.16 bits per heavy atom. The highest BCUT2D eigenvalue weighted by Gasteiger charge is 2.47. The van der Waals surface area contributed by atoms with Gasteiger partial charge in [-0.25, -0.2) is 4.39 Å². The van der Waals surface area contributed by atoms with Crippen LogP contribution in [-0.2, 0) is 22.7 Å². The van der Waals surface area contributed by atoms with Crippen molar-refractivity contribution in [2.45, 2.75) is 26.4 Å². The zero-order chi connectivity index (χ0) is 17.8. The number of hydrogen-bond acceptors (Lipinski definition) is 2. The number of hydrogen-bond donors (Lipinski definition) is 2. The summed E-state index contributed by atoms with van der Waals surface area (Å²) in [6, 6.07) is 13.9. The summed E-state index contributed by atoms with van der Waals surface area (Å²) >= 11 is 0. The maximum absolute atomic E-state index is 12.8. The molecule has 2 atom stereocenters. The van der Waals surface area contributed by atoms with E-state index in [2.05, 4.69) is 10.6 Å². The SMILES string of the molecule is Cc1cccc(CNC(=O)C2CC2C(=O)NCc2ccc(F)cc2)c1. The van der Waals surface area contributed by atoms with Crippen LogP contribution in [0, 0.1) is 24.6 Å². The van der Waals surface area contributed by atoms with E-state index in [1.54, 1.807) is 12.1 Å². The summed E-state index contributed by atoms with van der Waals surface area (Å²) in [5.74, 6) is -1.03. The Morgan fingerprint density at radius 2 is 1.56 bits per heavy atom. The van der Waals surface area contributed by atoms with E-state index in [0.717, 1.165) is 16.7 Å². The molecule has 2 unspecified atom stereocenters. The van der Waals surface area contributed by atoms with Gasteiger partial charge >= 0.3 is 0 Å². The predicted octanol–water partition coefficient (Wildman–Crippen LogP) is 2.70. The van der Waals surface area contributed by atoms with Crippen molar-refractivity contribution in [2.24, 2.45) is 11.8 Å². The van der Waals surface area contributed by atoms with Gasteiger partial charge in [-0.3, -0.25) is 9.59 Å². The van der Waals surface area contributed by atoms with E-state index >= 15 is 0 Å². The fourth-order valence-electron chi connectivity index (χ4n) is 2.84. The summed E-state index contributed by atoms with van der Waals surface area (Å²) in [7, 11) is 0. The zero-order valence-electron chi connectivity index (χ0n) is 14.1. The highest BCUT2D eigenvalue weighted by atomic mass is 19.1. The molecule has 1 fully saturated rings. The molecular weight excluding hydrogens is 319 g/mol. The molecular formula is C20H21FN2O2. The van der Waals surface area contributed by atoms with Gasteiger partial charge in [-0.1, -0.05) is 42.0 Å². The second kappa shape index (κ2) is 7.47. The first-order valence-corrected chi connectivity index (χ1v) is 8.38. The van der Waals surface area contributed by atoms with Gasteiger partial charge in [-0.05, 0) is 36.6 Å². The molecule has 1 aliphatic carbocycles. The Hall–Kier alpha value is -2.69. The van der Waals surface area contributed by atoms with Crippen molar-refractivity contribution in [3.63, 3.8) is 0 Å². The average Bonchev–Trinajstić information content (AvgIpc) is 3.40. The second-order valence-electron chi connectivity index (χ2n) is 6.50. The van der Waals surface area contributed by atoms with Gasteiger partial charge in [0.25, 0.3) is 0 Å². The normalized spacial score (nSPS) is 18.5. The van der Waals surface area contributed by atoms with E-state index < -0.39 is 0 Å². The van der Waals surface area contributed by atoms with Crippen LogP contribution in [0.2, 0.25) is 0 Å². The van der Waals surface area contributed by atoms with Gasteiger partial charge in [0, 0.05) is 13.1 Å². The molecule has 1 saturated carbocycles. The predicted molar refractivity (Wildman–Crippen MR) is 92.9 cm³/mol. The van der Waals surface area contributed by atoms with E-state index in [-0.39, 0.29) is 29.5 Å². The van der Waals surface area contributed by atoms with Gasteiger partial charge in [0.15, 0.2) is 0 Å². The standard InChI is InChI=1S/C20H21FN2O2/c1-13-3-2-4-15(9-13)12-23-20(25)18-10-17(18)19(24)22-11-14-5-7-16(21)8-6-14/h2-9,17-18H,10-12H2,1H3,(H,22,24)(H,23,25). The number of aryl methyl sites for hydroxylation is 1. The van der Waals surface area contributed by atoms with Gasteiger partial charge in [-0.2, -0.15) is 0 Å². The van der Waals surface area contributed by atoms with Crippen LogP contribution in [0.5, 0.6) is 0 Å². The lowest BCUT2D eigenvalue weighted by molar-refractivity contribution is -0.127. The zero-order valence-corrected chi connectivity index (χ0v) is 14.1. The summed E-state index contributed by atoms with van der Waals surface area (Å²) in [5, 5.41) is 5.70. The molecule has 2 N–H and O–H groups in total. The molecule has 0 heterocycles. The van der Waals surface area contributed by atoms with Gasteiger partial charge < -0.3 is 10.6 Å². The summed E-state index contributed by atoms with van der Waals surface area (Å²) in [4.78, 5) is 24.3. The van der Waals surface area contributed by atoms with Crippen LogP contribution in [0.1, 0.15) is 23.1 Å².